The second-order valence-electron chi connectivity index (χ2n) is 7.07. The summed E-state index contributed by atoms with van der Waals surface area (Å²) in [7, 11) is -2.05. The Hall–Kier alpha value is -2.65. The van der Waals surface area contributed by atoms with Crippen molar-refractivity contribution in [3.05, 3.63) is 57.7 Å². The minimum Gasteiger partial charge on any atom is -0.462 e. The van der Waals surface area contributed by atoms with Crippen LogP contribution in [0.1, 0.15) is 35.5 Å². The molecule has 0 aliphatic carbocycles. The lowest BCUT2D eigenvalue weighted by atomic mass is 10.1. The SMILES string of the molecule is CCOC(=O)c1c(CS(=O)(=O)c2ccc(C)cc2)n(C)c2cc(Br)c(OC(C)=O)cc12. The number of sulfone groups is 1. The standard InChI is InChI=1S/C22H22BrNO6S/c1-5-29-22(26)21-16-10-20(30-14(3)25)17(23)11-18(16)24(4)19(21)12-31(27,28)15-8-6-13(2)7-9-15/h6-11H,5,12H2,1-4H3. The number of aromatic nitrogens is 1. The van der Waals surface area contributed by atoms with E-state index in [0.717, 1.165) is 5.56 Å². The number of fused-ring (bicyclic) bond motifs is 1. The van der Waals surface area contributed by atoms with Gasteiger partial charge in [-0.2, -0.15) is 0 Å². The molecule has 0 amide bonds. The average molecular weight is 508 g/mol. The van der Waals surface area contributed by atoms with Crippen LogP contribution in [0.25, 0.3) is 10.9 Å². The molecule has 0 spiro atoms. The quantitative estimate of drug-likeness (QED) is 0.364. The molecule has 164 valence electrons. The lowest BCUT2D eigenvalue weighted by Gasteiger charge is -2.09. The minimum absolute atomic E-state index is 0.132. The number of ether oxygens (including phenoxy) is 2. The lowest BCUT2D eigenvalue weighted by molar-refractivity contribution is -0.131. The van der Waals surface area contributed by atoms with E-state index < -0.39 is 27.5 Å². The maximum atomic E-state index is 13.1. The van der Waals surface area contributed by atoms with Crippen LogP contribution in [0, 0.1) is 6.92 Å². The van der Waals surface area contributed by atoms with E-state index in [9.17, 15) is 18.0 Å². The van der Waals surface area contributed by atoms with Gasteiger partial charge >= 0.3 is 11.9 Å². The molecule has 0 saturated carbocycles. The topological polar surface area (TPSA) is 91.7 Å². The summed E-state index contributed by atoms with van der Waals surface area (Å²) in [5.74, 6) is -1.33. The van der Waals surface area contributed by atoms with Gasteiger partial charge in [0.25, 0.3) is 0 Å². The van der Waals surface area contributed by atoms with Crippen molar-refractivity contribution in [2.45, 2.75) is 31.4 Å². The Bertz CT molecular complexity index is 1280. The van der Waals surface area contributed by atoms with Gasteiger partial charge in [0, 0.05) is 25.1 Å². The Morgan fingerprint density at radius 2 is 1.77 bits per heavy atom. The van der Waals surface area contributed by atoms with Crippen molar-refractivity contribution >= 4 is 48.6 Å². The summed E-state index contributed by atoms with van der Waals surface area (Å²) in [6.07, 6.45) is 0. The second kappa shape index (κ2) is 8.84. The molecule has 31 heavy (non-hydrogen) atoms. The normalized spacial score (nSPS) is 11.5. The molecule has 3 aromatic rings. The van der Waals surface area contributed by atoms with Gasteiger partial charge in [-0.15, -0.1) is 0 Å². The third-order valence-electron chi connectivity index (χ3n) is 4.81. The number of rotatable bonds is 6. The van der Waals surface area contributed by atoms with Crippen LogP contribution in [0.15, 0.2) is 45.8 Å². The molecule has 0 unspecified atom stereocenters. The van der Waals surface area contributed by atoms with Gasteiger partial charge in [0.15, 0.2) is 9.84 Å². The summed E-state index contributed by atoms with van der Waals surface area (Å²) in [5.41, 5.74) is 1.97. The highest BCUT2D eigenvalue weighted by Crippen LogP contribution is 2.36. The van der Waals surface area contributed by atoms with Gasteiger partial charge in [0.05, 0.1) is 32.8 Å². The van der Waals surface area contributed by atoms with E-state index >= 15 is 0 Å². The van der Waals surface area contributed by atoms with Crippen LogP contribution in [0.2, 0.25) is 0 Å². The molecule has 0 N–H and O–H groups in total. The predicted octanol–water partition coefficient (Wildman–Crippen LogP) is 4.33. The van der Waals surface area contributed by atoms with Crippen LogP contribution in [-0.2, 0) is 32.2 Å². The molecule has 2 aromatic carbocycles. The molecule has 3 rings (SSSR count). The molecule has 0 fully saturated rings. The average Bonchev–Trinajstić information content (AvgIpc) is 2.93. The van der Waals surface area contributed by atoms with Crippen molar-refractivity contribution in [2.24, 2.45) is 7.05 Å². The molecule has 1 heterocycles. The number of carbonyl (C=O) groups is 2. The molecular formula is C22H22BrNO6S. The molecule has 9 heteroatoms. The Balaban J connectivity index is 2.23. The first-order valence-corrected chi connectivity index (χ1v) is 12.0. The Morgan fingerprint density at radius 1 is 1.13 bits per heavy atom. The van der Waals surface area contributed by atoms with Gasteiger partial charge in [-0.3, -0.25) is 4.79 Å². The van der Waals surface area contributed by atoms with Crippen molar-refractivity contribution < 1.29 is 27.5 Å². The van der Waals surface area contributed by atoms with Crippen LogP contribution in [0.5, 0.6) is 5.75 Å². The first kappa shape index (κ1) is 23.0. The summed E-state index contributed by atoms with van der Waals surface area (Å²) in [6, 6.07) is 9.76. The fourth-order valence-corrected chi connectivity index (χ4v) is 5.16. The summed E-state index contributed by atoms with van der Waals surface area (Å²) in [6.45, 7) is 4.95. The summed E-state index contributed by atoms with van der Waals surface area (Å²) >= 11 is 3.36. The Labute approximate surface area is 189 Å². The number of benzene rings is 2. The number of hydrogen-bond donors (Lipinski definition) is 0. The van der Waals surface area contributed by atoms with Crippen molar-refractivity contribution in [3.63, 3.8) is 0 Å². The first-order valence-electron chi connectivity index (χ1n) is 9.51. The van der Waals surface area contributed by atoms with Crippen molar-refractivity contribution in [2.75, 3.05) is 6.61 Å². The summed E-state index contributed by atoms with van der Waals surface area (Å²) < 4.78 is 38.8. The Morgan fingerprint density at radius 3 is 2.35 bits per heavy atom. The zero-order chi connectivity index (χ0) is 22.9. The van der Waals surface area contributed by atoms with E-state index in [2.05, 4.69) is 15.9 Å². The molecule has 0 saturated heterocycles. The van der Waals surface area contributed by atoms with Crippen LogP contribution >= 0.6 is 15.9 Å². The number of carbonyl (C=O) groups excluding carboxylic acids is 2. The number of aryl methyl sites for hydroxylation is 2. The number of esters is 2. The highest BCUT2D eigenvalue weighted by Gasteiger charge is 2.28. The zero-order valence-corrected chi connectivity index (χ0v) is 20.0. The molecular weight excluding hydrogens is 486 g/mol. The molecule has 0 atom stereocenters. The Kier molecular flexibility index (Phi) is 6.56. The predicted molar refractivity (Wildman–Crippen MR) is 120 cm³/mol. The van der Waals surface area contributed by atoms with E-state index in [-0.39, 0.29) is 22.8 Å². The zero-order valence-electron chi connectivity index (χ0n) is 17.6. The van der Waals surface area contributed by atoms with Gasteiger partial charge in [0.2, 0.25) is 0 Å². The summed E-state index contributed by atoms with van der Waals surface area (Å²) in [5, 5.41) is 0.439. The van der Waals surface area contributed by atoms with E-state index in [0.29, 0.717) is 21.1 Å². The van der Waals surface area contributed by atoms with Gasteiger partial charge < -0.3 is 14.0 Å². The number of hydrogen-bond acceptors (Lipinski definition) is 6. The van der Waals surface area contributed by atoms with E-state index in [4.69, 9.17) is 9.47 Å². The number of nitrogens with zero attached hydrogens (tertiary/aromatic N) is 1. The maximum absolute atomic E-state index is 13.1. The first-order chi connectivity index (χ1) is 14.5. The van der Waals surface area contributed by atoms with Crippen LogP contribution in [0.3, 0.4) is 0 Å². The van der Waals surface area contributed by atoms with Crippen LogP contribution in [-0.4, -0.2) is 31.5 Å². The van der Waals surface area contributed by atoms with E-state index in [1.165, 1.54) is 13.0 Å². The largest absolute Gasteiger partial charge is 0.462 e. The molecule has 1 aromatic heterocycles. The van der Waals surface area contributed by atoms with Crippen LogP contribution < -0.4 is 4.74 Å². The third kappa shape index (κ3) is 4.67. The lowest BCUT2D eigenvalue weighted by Crippen LogP contribution is -2.14. The third-order valence-corrected chi connectivity index (χ3v) is 7.08. The highest BCUT2D eigenvalue weighted by atomic mass is 79.9. The second-order valence-corrected chi connectivity index (χ2v) is 9.91. The van der Waals surface area contributed by atoms with Gasteiger partial charge in [0.1, 0.15) is 5.75 Å². The van der Waals surface area contributed by atoms with Crippen LogP contribution in [0.4, 0.5) is 0 Å². The van der Waals surface area contributed by atoms with Crippen molar-refractivity contribution in [3.8, 4) is 5.75 Å². The van der Waals surface area contributed by atoms with E-state index in [1.807, 2.05) is 6.92 Å². The van der Waals surface area contributed by atoms with Gasteiger partial charge in [-0.25, -0.2) is 13.2 Å². The molecule has 0 aliphatic heterocycles. The van der Waals surface area contributed by atoms with Gasteiger partial charge in [-0.1, -0.05) is 17.7 Å². The fourth-order valence-electron chi connectivity index (χ4n) is 3.33. The fraction of sp³-hybridized carbons (Fsp3) is 0.273. The van der Waals surface area contributed by atoms with Crippen molar-refractivity contribution in [1.82, 2.24) is 4.57 Å². The van der Waals surface area contributed by atoms with E-state index in [1.54, 1.807) is 48.9 Å². The minimum atomic E-state index is -3.74. The highest BCUT2D eigenvalue weighted by molar-refractivity contribution is 9.10. The smallest absolute Gasteiger partial charge is 0.340 e. The molecule has 0 radical (unpaired) electrons. The molecule has 0 aliphatic rings. The maximum Gasteiger partial charge on any atom is 0.340 e. The molecule has 0 bridgehead atoms. The summed E-state index contributed by atoms with van der Waals surface area (Å²) in [4.78, 5) is 24.4. The molecule has 7 nitrogen and oxygen atoms in total. The van der Waals surface area contributed by atoms with Crippen molar-refractivity contribution in [1.29, 1.82) is 0 Å². The van der Waals surface area contributed by atoms with Gasteiger partial charge in [-0.05, 0) is 54.0 Å². The number of halogens is 1. The monoisotopic (exact) mass is 507 g/mol.